The average Bonchev–Trinajstić information content (AvgIpc) is 3.16. The van der Waals surface area contributed by atoms with E-state index >= 15 is 0 Å². The molecule has 0 bridgehead atoms. The zero-order valence-electron chi connectivity index (χ0n) is 15.6. The van der Waals surface area contributed by atoms with Crippen molar-refractivity contribution in [1.29, 1.82) is 0 Å². The number of hydrogen-bond donors (Lipinski definition) is 1. The molecule has 3 rings (SSSR count). The molecule has 0 radical (unpaired) electrons. The Bertz CT molecular complexity index is 908. The monoisotopic (exact) mass is 387 g/mol. The van der Waals surface area contributed by atoms with Crippen molar-refractivity contribution in [2.24, 2.45) is 11.7 Å². The first-order valence-corrected chi connectivity index (χ1v) is 10.4. The van der Waals surface area contributed by atoms with E-state index in [2.05, 4.69) is 0 Å². The summed E-state index contributed by atoms with van der Waals surface area (Å²) in [5.74, 6) is 0.320. The maximum atomic E-state index is 12.8. The van der Waals surface area contributed by atoms with Crippen LogP contribution in [0.3, 0.4) is 0 Å². The van der Waals surface area contributed by atoms with Crippen LogP contribution in [0.2, 0.25) is 0 Å². The van der Waals surface area contributed by atoms with Crippen LogP contribution < -0.4 is 10.0 Å². The van der Waals surface area contributed by atoms with Crippen molar-refractivity contribution in [3.05, 3.63) is 59.7 Å². The van der Waals surface area contributed by atoms with Crippen LogP contribution in [0, 0.1) is 12.8 Å². The quantitative estimate of drug-likeness (QED) is 0.853. The minimum absolute atomic E-state index is 0.0402. The molecule has 1 amide bonds. The van der Waals surface area contributed by atoms with E-state index in [-0.39, 0.29) is 10.8 Å². The first-order chi connectivity index (χ1) is 12.8. The molecule has 1 atom stereocenters. The summed E-state index contributed by atoms with van der Waals surface area (Å²) in [5, 5.41) is 0. The second kappa shape index (κ2) is 7.70. The van der Waals surface area contributed by atoms with Crippen molar-refractivity contribution in [1.82, 2.24) is 4.90 Å². The van der Waals surface area contributed by atoms with Gasteiger partial charge in [-0.25, -0.2) is 8.42 Å². The Balaban J connectivity index is 1.76. The summed E-state index contributed by atoms with van der Waals surface area (Å²) in [4.78, 5) is 14.6. The largest absolute Gasteiger partial charge is 0.338 e. The Labute approximate surface area is 160 Å². The number of carbonyl (C=O) groups excluding carboxylic acids is 1. The average molecular weight is 388 g/mol. The molecule has 0 aromatic heterocycles. The minimum atomic E-state index is -3.64. The van der Waals surface area contributed by atoms with Crippen LogP contribution in [-0.4, -0.2) is 45.9 Å². The van der Waals surface area contributed by atoms with E-state index in [4.69, 9.17) is 5.73 Å². The Morgan fingerprint density at radius 2 is 1.78 bits per heavy atom. The van der Waals surface area contributed by atoms with Crippen molar-refractivity contribution in [2.45, 2.75) is 18.2 Å². The number of likely N-dealkylation sites (tertiary alicyclic amines) is 1. The van der Waals surface area contributed by atoms with Gasteiger partial charge in [0.1, 0.15) is 0 Å². The van der Waals surface area contributed by atoms with E-state index in [1.165, 1.54) is 11.4 Å². The fourth-order valence-corrected chi connectivity index (χ4v) is 4.41. The number of rotatable bonds is 5. The fourth-order valence-electron chi connectivity index (χ4n) is 3.21. The SMILES string of the molecule is Cc1ccc(S(=O)(=O)N(C)c2ccc(C(=O)N3CCC(CN)C3)cc2)cc1. The molecule has 1 fully saturated rings. The molecule has 0 saturated carbocycles. The number of carbonyl (C=O) groups is 1. The first kappa shape index (κ1) is 19.4. The Hall–Kier alpha value is -2.38. The molecule has 1 unspecified atom stereocenters. The Morgan fingerprint density at radius 1 is 1.15 bits per heavy atom. The topological polar surface area (TPSA) is 83.7 Å². The number of nitrogens with zero attached hydrogens (tertiary/aromatic N) is 2. The first-order valence-electron chi connectivity index (χ1n) is 8.98. The third kappa shape index (κ3) is 3.99. The fraction of sp³-hybridized carbons (Fsp3) is 0.350. The van der Waals surface area contributed by atoms with Crippen LogP contribution in [0.4, 0.5) is 5.69 Å². The smallest absolute Gasteiger partial charge is 0.264 e. The van der Waals surface area contributed by atoms with Crippen LogP contribution in [0.15, 0.2) is 53.4 Å². The molecule has 144 valence electrons. The highest BCUT2D eigenvalue weighted by molar-refractivity contribution is 7.92. The van der Waals surface area contributed by atoms with Gasteiger partial charge >= 0.3 is 0 Å². The van der Waals surface area contributed by atoms with Crippen molar-refractivity contribution in [3.8, 4) is 0 Å². The van der Waals surface area contributed by atoms with Crippen LogP contribution in [0.5, 0.6) is 0 Å². The number of nitrogens with two attached hydrogens (primary N) is 1. The highest BCUT2D eigenvalue weighted by Crippen LogP contribution is 2.24. The van der Waals surface area contributed by atoms with Crippen molar-refractivity contribution in [2.75, 3.05) is 31.0 Å². The van der Waals surface area contributed by atoms with Gasteiger partial charge in [0.25, 0.3) is 15.9 Å². The van der Waals surface area contributed by atoms with Gasteiger partial charge in [0.05, 0.1) is 10.6 Å². The summed E-state index contributed by atoms with van der Waals surface area (Å²) >= 11 is 0. The molecule has 6 nitrogen and oxygen atoms in total. The number of amides is 1. The van der Waals surface area contributed by atoms with E-state index in [0.717, 1.165) is 12.0 Å². The van der Waals surface area contributed by atoms with Gasteiger partial charge < -0.3 is 10.6 Å². The molecule has 1 aliphatic heterocycles. The van der Waals surface area contributed by atoms with Gasteiger partial charge in [0.2, 0.25) is 0 Å². The number of anilines is 1. The summed E-state index contributed by atoms with van der Waals surface area (Å²) in [6, 6.07) is 13.4. The van der Waals surface area contributed by atoms with E-state index in [0.29, 0.717) is 36.8 Å². The van der Waals surface area contributed by atoms with Crippen molar-refractivity contribution in [3.63, 3.8) is 0 Å². The summed E-state index contributed by atoms with van der Waals surface area (Å²) < 4.78 is 26.8. The molecule has 7 heteroatoms. The molecule has 2 aromatic carbocycles. The molecule has 27 heavy (non-hydrogen) atoms. The highest BCUT2D eigenvalue weighted by atomic mass is 32.2. The molecule has 1 aliphatic rings. The molecular formula is C20H25N3O3S. The Morgan fingerprint density at radius 3 is 2.33 bits per heavy atom. The standard InChI is InChI=1S/C20H25N3O3S/c1-15-3-9-19(10-4-15)27(25,26)22(2)18-7-5-17(6-8-18)20(24)23-12-11-16(13-21)14-23/h3-10,16H,11-14,21H2,1-2H3. The van der Waals surface area contributed by atoms with Gasteiger partial charge in [0.15, 0.2) is 0 Å². The van der Waals surface area contributed by atoms with E-state index < -0.39 is 10.0 Å². The zero-order valence-corrected chi connectivity index (χ0v) is 16.4. The van der Waals surface area contributed by atoms with Gasteiger partial charge in [-0.1, -0.05) is 17.7 Å². The minimum Gasteiger partial charge on any atom is -0.338 e. The molecule has 2 N–H and O–H groups in total. The number of hydrogen-bond acceptors (Lipinski definition) is 4. The van der Waals surface area contributed by atoms with Crippen LogP contribution in [0.1, 0.15) is 22.3 Å². The lowest BCUT2D eigenvalue weighted by Crippen LogP contribution is -2.30. The van der Waals surface area contributed by atoms with E-state index in [1.54, 1.807) is 53.4 Å². The van der Waals surface area contributed by atoms with Gasteiger partial charge in [-0.15, -0.1) is 0 Å². The summed E-state index contributed by atoms with van der Waals surface area (Å²) in [7, 11) is -2.13. The third-order valence-electron chi connectivity index (χ3n) is 5.06. The van der Waals surface area contributed by atoms with Gasteiger partial charge in [-0.2, -0.15) is 0 Å². The van der Waals surface area contributed by atoms with Crippen LogP contribution >= 0.6 is 0 Å². The summed E-state index contributed by atoms with van der Waals surface area (Å²) in [6.07, 6.45) is 0.928. The number of benzene rings is 2. The summed E-state index contributed by atoms with van der Waals surface area (Å²) in [5.41, 5.74) is 7.74. The number of sulfonamides is 1. The lowest BCUT2D eigenvalue weighted by molar-refractivity contribution is 0.0787. The maximum Gasteiger partial charge on any atom is 0.264 e. The molecular weight excluding hydrogens is 362 g/mol. The molecule has 1 saturated heterocycles. The molecule has 0 aliphatic carbocycles. The molecule has 1 heterocycles. The lowest BCUT2D eigenvalue weighted by atomic mass is 10.1. The predicted molar refractivity (Wildman–Crippen MR) is 106 cm³/mol. The van der Waals surface area contributed by atoms with Crippen molar-refractivity contribution < 1.29 is 13.2 Å². The highest BCUT2D eigenvalue weighted by Gasteiger charge is 2.26. The predicted octanol–water partition coefficient (Wildman–Crippen LogP) is 2.24. The Kier molecular flexibility index (Phi) is 5.53. The van der Waals surface area contributed by atoms with E-state index in [9.17, 15) is 13.2 Å². The summed E-state index contributed by atoms with van der Waals surface area (Å²) in [6.45, 7) is 3.89. The van der Waals surface area contributed by atoms with Gasteiger partial charge in [-0.3, -0.25) is 9.10 Å². The van der Waals surface area contributed by atoms with Gasteiger partial charge in [0, 0.05) is 25.7 Å². The van der Waals surface area contributed by atoms with E-state index in [1.807, 2.05) is 6.92 Å². The number of aryl methyl sites for hydroxylation is 1. The molecule has 0 spiro atoms. The van der Waals surface area contributed by atoms with Crippen LogP contribution in [0.25, 0.3) is 0 Å². The maximum absolute atomic E-state index is 12.8. The zero-order chi connectivity index (χ0) is 19.6. The van der Waals surface area contributed by atoms with Crippen molar-refractivity contribution >= 4 is 21.6 Å². The third-order valence-corrected chi connectivity index (χ3v) is 6.86. The second-order valence-electron chi connectivity index (χ2n) is 6.97. The lowest BCUT2D eigenvalue weighted by Gasteiger charge is -2.21. The van der Waals surface area contributed by atoms with Crippen LogP contribution in [-0.2, 0) is 10.0 Å². The molecule has 2 aromatic rings. The van der Waals surface area contributed by atoms with Gasteiger partial charge in [-0.05, 0) is 62.2 Å². The normalized spacial score (nSPS) is 17.1. The second-order valence-corrected chi connectivity index (χ2v) is 8.94.